The molecule has 2 aromatic rings. The van der Waals surface area contributed by atoms with Crippen LogP contribution in [0.1, 0.15) is 12.6 Å². The Morgan fingerprint density at radius 3 is 2.73 bits per heavy atom. The van der Waals surface area contributed by atoms with Crippen LogP contribution in [-0.4, -0.2) is 14.6 Å². The van der Waals surface area contributed by atoms with Crippen molar-refractivity contribution in [3.63, 3.8) is 0 Å². The Morgan fingerprint density at radius 1 is 1.33 bits per heavy atom. The molecule has 0 radical (unpaired) electrons. The van der Waals surface area contributed by atoms with Gasteiger partial charge in [0.05, 0.1) is 5.69 Å². The molecule has 0 spiro atoms. The van der Waals surface area contributed by atoms with E-state index in [0.29, 0.717) is 12.1 Å². The van der Waals surface area contributed by atoms with E-state index in [1.807, 2.05) is 19.1 Å². The third kappa shape index (κ3) is 1.96. The number of hydrogen-bond acceptors (Lipinski definition) is 3. The van der Waals surface area contributed by atoms with Crippen LogP contribution in [0.25, 0.3) is 0 Å². The second kappa shape index (κ2) is 4.08. The molecule has 2 rings (SSSR count). The minimum atomic E-state index is -0.395. The van der Waals surface area contributed by atoms with E-state index in [2.05, 4.69) is 15.4 Å². The molecule has 0 aromatic carbocycles. The fraction of sp³-hybridized carbons (Fsp3) is 0.200. The Labute approximate surface area is 86.8 Å². The van der Waals surface area contributed by atoms with E-state index < -0.39 is 5.82 Å². The molecule has 5 heteroatoms. The summed E-state index contributed by atoms with van der Waals surface area (Å²) in [6.07, 6.45) is 5.45. The molecular formula is C10H11FN4. The van der Waals surface area contributed by atoms with E-state index in [0.717, 1.165) is 0 Å². The number of nitrogens with one attached hydrogen (secondary N) is 1. The summed E-state index contributed by atoms with van der Waals surface area (Å²) in [7, 11) is 0. The second-order valence-corrected chi connectivity index (χ2v) is 3.04. The lowest BCUT2D eigenvalue weighted by Crippen LogP contribution is -2.11. The van der Waals surface area contributed by atoms with Crippen LogP contribution >= 0.6 is 0 Å². The number of aryl methyl sites for hydroxylation is 1. The zero-order chi connectivity index (χ0) is 10.7. The van der Waals surface area contributed by atoms with Gasteiger partial charge in [-0.1, -0.05) is 6.92 Å². The molecule has 0 saturated heterocycles. The Bertz CT molecular complexity index is 439. The van der Waals surface area contributed by atoms with Gasteiger partial charge in [-0.25, -0.2) is 14.4 Å². The van der Waals surface area contributed by atoms with Crippen LogP contribution in [0.15, 0.2) is 30.9 Å². The first-order chi connectivity index (χ1) is 7.31. The van der Waals surface area contributed by atoms with Gasteiger partial charge in [0.15, 0.2) is 11.6 Å². The normalized spacial score (nSPS) is 10.3. The highest BCUT2D eigenvalue weighted by molar-refractivity contribution is 5.36. The van der Waals surface area contributed by atoms with Crippen molar-refractivity contribution < 1.29 is 4.39 Å². The number of aromatic nitrogens is 3. The van der Waals surface area contributed by atoms with Gasteiger partial charge in [0.25, 0.3) is 0 Å². The van der Waals surface area contributed by atoms with E-state index >= 15 is 0 Å². The van der Waals surface area contributed by atoms with E-state index in [1.165, 1.54) is 6.33 Å². The maximum atomic E-state index is 13.7. The summed E-state index contributed by atoms with van der Waals surface area (Å²) in [4.78, 5) is 7.70. The van der Waals surface area contributed by atoms with Crippen LogP contribution in [0.5, 0.6) is 0 Å². The minimum absolute atomic E-state index is 0.193. The molecule has 0 saturated carbocycles. The van der Waals surface area contributed by atoms with E-state index in [9.17, 15) is 4.39 Å². The molecule has 0 fully saturated rings. The van der Waals surface area contributed by atoms with Crippen molar-refractivity contribution in [2.45, 2.75) is 13.3 Å². The lowest BCUT2D eigenvalue weighted by atomic mass is 10.3. The van der Waals surface area contributed by atoms with Crippen molar-refractivity contribution in [1.82, 2.24) is 14.6 Å². The summed E-state index contributed by atoms with van der Waals surface area (Å²) in [5, 5.41) is 0. The molecule has 0 unspecified atom stereocenters. The lowest BCUT2D eigenvalue weighted by molar-refractivity contribution is 0.594. The molecule has 0 aliphatic rings. The van der Waals surface area contributed by atoms with E-state index in [4.69, 9.17) is 0 Å². The van der Waals surface area contributed by atoms with Crippen molar-refractivity contribution in [3.8, 4) is 0 Å². The highest BCUT2D eigenvalue weighted by atomic mass is 19.1. The van der Waals surface area contributed by atoms with Crippen molar-refractivity contribution in [2.24, 2.45) is 0 Å². The monoisotopic (exact) mass is 206 g/mol. The first kappa shape index (κ1) is 9.64. The second-order valence-electron chi connectivity index (χ2n) is 3.04. The maximum absolute atomic E-state index is 13.7. The molecule has 2 heterocycles. The van der Waals surface area contributed by atoms with Gasteiger partial charge in [-0.15, -0.1) is 0 Å². The molecular weight excluding hydrogens is 195 g/mol. The summed E-state index contributed by atoms with van der Waals surface area (Å²) < 4.78 is 15.3. The van der Waals surface area contributed by atoms with Crippen LogP contribution in [0.4, 0.5) is 10.2 Å². The molecule has 0 aliphatic heterocycles. The van der Waals surface area contributed by atoms with Gasteiger partial charge in [-0.05, 0) is 18.6 Å². The predicted octanol–water partition coefficient (Wildman–Crippen LogP) is 1.85. The number of halogens is 1. The van der Waals surface area contributed by atoms with Crippen molar-refractivity contribution >= 4 is 5.82 Å². The average molecular weight is 206 g/mol. The quantitative estimate of drug-likeness (QED) is 0.833. The number of hydrogen-bond donors (Lipinski definition) is 1. The van der Waals surface area contributed by atoms with Crippen molar-refractivity contribution in [3.05, 3.63) is 42.4 Å². The Hall–Kier alpha value is -1.91. The highest BCUT2D eigenvalue weighted by Gasteiger charge is 2.08. The van der Waals surface area contributed by atoms with Gasteiger partial charge >= 0.3 is 0 Å². The number of rotatable bonds is 3. The first-order valence-corrected chi connectivity index (χ1v) is 4.70. The van der Waals surface area contributed by atoms with E-state index in [-0.39, 0.29) is 5.82 Å². The number of anilines is 1. The Morgan fingerprint density at radius 2 is 2.07 bits per heavy atom. The Kier molecular flexibility index (Phi) is 2.62. The van der Waals surface area contributed by atoms with E-state index in [1.54, 1.807) is 17.1 Å². The molecule has 0 atom stereocenters. The van der Waals surface area contributed by atoms with Gasteiger partial charge < -0.3 is 0 Å². The highest BCUT2D eigenvalue weighted by Crippen LogP contribution is 2.13. The predicted molar refractivity (Wildman–Crippen MR) is 54.8 cm³/mol. The molecule has 0 amide bonds. The molecule has 2 aromatic heterocycles. The topological polar surface area (TPSA) is 42.7 Å². The standard InChI is InChI=1S/C10H11FN4/c1-2-8-9(11)10(13-7-12-8)14-15-5-3-4-6-15/h3-7H,2H2,1H3,(H,12,13,14). The SMILES string of the molecule is CCc1ncnc(Nn2cccc2)c1F. The summed E-state index contributed by atoms with van der Waals surface area (Å²) in [5.74, 6) is -0.202. The molecule has 78 valence electrons. The molecule has 15 heavy (non-hydrogen) atoms. The van der Waals surface area contributed by atoms with Gasteiger partial charge in [-0.3, -0.25) is 10.1 Å². The van der Waals surface area contributed by atoms with Crippen molar-refractivity contribution in [2.75, 3.05) is 5.43 Å². The Balaban J connectivity index is 2.29. The summed E-state index contributed by atoms with van der Waals surface area (Å²) in [6.45, 7) is 1.85. The fourth-order valence-corrected chi connectivity index (χ4v) is 1.26. The third-order valence-corrected chi connectivity index (χ3v) is 2.04. The zero-order valence-corrected chi connectivity index (χ0v) is 8.31. The smallest absolute Gasteiger partial charge is 0.188 e. The minimum Gasteiger partial charge on any atom is -0.276 e. The van der Waals surface area contributed by atoms with Gasteiger partial charge in [-0.2, -0.15) is 0 Å². The largest absolute Gasteiger partial charge is 0.276 e. The molecule has 0 aliphatic carbocycles. The van der Waals surface area contributed by atoms with Crippen LogP contribution < -0.4 is 5.43 Å². The fourth-order valence-electron chi connectivity index (χ4n) is 1.26. The summed E-state index contributed by atoms with van der Waals surface area (Å²) in [5.41, 5.74) is 3.23. The summed E-state index contributed by atoms with van der Waals surface area (Å²) in [6, 6.07) is 3.68. The molecule has 1 N–H and O–H groups in total. The number of nitrogens with zero attached hydrogens (tertiary/aromatic N) is 3. The van der Waals surface area contributed by atoms with Crippen LogP contribution in [-0.2, 0) is 6.42 Å². The lowest BCUT2D eigenvalue weighted by Gasteiger charge is -2.08. The summed E-state index contributed by atoms with van der Waals surface area (Å²) >= 11 is 0. The van der Waals surface area contributed by atoms with Crippen LogP contribution in [0.3, 0.4) is 0 Å². The van der Waals surface area contributed by atoms with Gasteiger partial charge in [0, 0.05) is 12.4 Å². The molecule has 0 bridgehead atoms. The van der Waals surface area contributed by atoms with Gasteiger partial charge in [0.1, 0.15) is 6.33 Å². The van der Waals surface area contributed by atoms with Crippen molar-refractivity contribution in [1.29, 1.82) is 0 Å². The van der Waals surface area contributed by atoms with Gasteiger partial charge in [0.2, 0.25) is 0 Å². The van der Waals surface area contributed by atoms with Crippen LogP contribution in [0.2, 0.25) is 0 Å². The first-order valence-electron chi connectivity index (χ1n) is 4.70. The molecule has 4 nitrogen and oxygen atoms in total. The third-order valence-electron chi connectivity index (χ3n) is 2.04. The average Bonchev–Trinajstić information content (AvgIpc) is 2.74. The van der Waals surface area contributed by atoms with Crippen LogP contribution in [0, 0.1) is 5.82 Å². The zero-order valence-electron chi connectivity index (χ0n) is 8.31. The maximum Gasteiger partial charge on any atom is 0.188 e.